The van der Waals surface area contributed by atoms with Crippen LogP contribution in [0.25, 0.3) is 10.8 Å². The standard InChI is InChI=1S/C22H25N5O3S2/c1-2-30-21(29)23-20-24-25-22(32-20)31-15-19(28)27-12-10-26(11-13-27)14-17-8-5-7-16-6-3-4-9-18(16)17/h3-9H,2,10-15H2,1H3,(H,23,24,29). The van der Waals surface area contributed by atoms with Crippen LogP contribution in [-0.4, -0.2) is 70.5 Å². The first kappa shape index (κ1) is 22.5. The Morgan fingerprint density at radius 2 is 1.88 bits per heavy atom. The Bertz CT molecular complexity index is 1080. The summed E-state index contributed by atoms with van der Waals surface area (Å²) < 4.78 is 5.46. The van der Waals surface area contributed by atoms with E-state index in [9.17, 15) is 9.59 Å². The second kappa shape index (κ2) is 10.8. The summed E-state index contributed by atoms with van der Waals surface area (Å²) in [4.78, 5) is 28.4. The number of hydrogen-bond acceptors (Lipinski definition) is 8. The lowest BCUT2D eigenvalue weighted by molar-refractivity contribution is -0.130. The number of carbonyl (C=O) groups is 2. The molecule has 32 heavy (non-hydrogen) atoms. The van der Waals surface area contributed by atoms with Crippen molar-refractivity contribution in [3.8, 4) is 0 Å². The minimum Gasteiger partial charge on any atom is -0.450 e. The van der Waals surface area contributed by atoms with Gasteiger partial charge in [-0.05, 0) is 23.3 Å². The molecule has 2 heterocycles. The number of hydrogen-bond donors (Lipinski definition) is 1. The quantitative estimate of drug-likeness (QED) is 0.415. The molecule has 0 radical (unpaired) electrons. The Morgan fingerprint density at radius 1 is 1.09 bits per heavy atom. The van der Waals surface area contributed by atoms with Crippen molar-refractivity contribution in [2.24, 2.45) is 0 Å². The highest BCUT2D eigenvalue weighted by atomic mass is 32.2. The van der Waals surface area contributed by atoms with Crippen LogP contribution < -0.4 is 5.32 Å². The molecule has 1 aliphatic rings. The number of piperazine rings is 1. The number of nitrogens with zero attached hydrogens (tertiary/aromatic N) is 4. The SMILES string of the molecule is CCOC(=O)Nc1nnc(SCC(=O)N2CCN(Cc3cccc4ccccc34)CC2)s1. The highest BCUT2D eigenvalue weighted by Gasteiger charge is 2.22. The zero-order chi connectivity index (χ0) is 22.3. The van der Waals surface area contributed by atoms with Gasteiger partial charge in [0.2, 0.25) is 11.0 Å². The number of ether oxygens (including phenoxy) is 1. The molecule has 0 saturated carbocycles. The van der Waals surface area contributed by atoms with Gasteiger partial charge in [-0.3, -0.25) is 15.0 Å². The molecule has 0 atom stereocenters. The van der Waals surface area contributed by atoms with E-state index in [4.69, 9.17) is 4.74 Å². The summed E-state index contributed by atoms with van der Waals surface area (Å²) in [5.41, 5.74) is 1.32. The molecule has 1 aliphatic heterocycles. The van der Waals surface area contributed by atoms with Gasteiger partial charge in [-0.2, -0.15) is 0 Å². The Hall–Kier alpha value is -2.69. The largest absolute Gasteiger partial charge is 0.450 e. The molecule has 2 amide bonds. The second-order valence-electron chi connectivity index (χ2n) is 7.30. The summed E-state index contributed by atoms with van der Waals surface area (Å²) in [6.45, 7) is 6.05. The number of thioether (sulfide) groups is 1. The molecule has 0 aliphatic carbocycles. The van der Waals surface area contributed by atoms with Crippen LogP contribution in [0.5, 0.6) is 0 Å². The number of amides is 2. The summed E-state index contributed by atoms with van der Waals surface area (Å²) in [6.07, 6.45) is -0.558. The number of aromatic nitrogens is 2. The molecule has 0 spiro atoms. The van der Waals surface area contributed by atoms with E-state index in [1.54, 1.807) is 6.92 Å². The molecular formula is C22H25N5O3S2. The average molecular weight is 472 g/mol. The zero-order valence-electron chi connectivity index (χ0n) is 17.8. The Labute approximate surface area is 194 Å². The number of fused-ring (bicyclic) bond motifs is 1. The number of benzene rings is 2. The van der Waals surface area contributed by atoms with Crippen LogP contribution in [0.3, 0.4) is 0 Å². The lowest BCUT2D eigenvalue weighted by Gasteiger charge is -2.34. The van der Waals surface area contributed by atoms with Crippen molar-refractivity contribution < 1.29 is 14.3 Å². The van der Waals surface area contributed by atoms with Gasteiger partial charge in [-0.1, -0.05) is 65.6 Å². The maximum absolute atomic E-state index is 12.6. The topological polar surface area (TPSA) is 87.7 Å². The van der Waals surface area contributed by atoms with Gasteiger partial charge in [-0.15, -0.1) is 10.2 Å². The molecule has 3 aromatic rings. The maximum Gasteiger partial charge on any atom is 0.413 e. The fourth-order valence-electron chi connectivity index (χ4n) is 3.61. The van der Waals surface area contributed by atoms with E-state index in [1.165, 1.54) is 39.4 Å². The van der Waals surface area contributed by atoms with Crippen molar-refractivity contribution in [2.45, 2.75) is 17.8 Å². The maximum atomic E-state index is 12.6. The molecule has 0 unspecified atom stereocenters. The second-order valence-corrected chi connectivity index (χ2v) is 9.50. The average Bonchev–Trinajstić information content (AvgIpc) is 3.25. The molecule has 2 aromatic carbocycles. The monoisotopic (exact) mass is 471 g/mol. The molecule has 4 rings (SSSR count). The van der Waals surface area contributed by atoms with Crippen LogP contribution in [0.4, 0.5) is 9.93 Å². The summed E-state index contributed by atoms with van der Waals surface area (Å²) in [5.74, 6) is 0.395. The smallest absolute Gasteiger partial charge is 0.413 e. The van der Waals surface area contributed by atoms with Crippen molar-refractivity contribution in [3.05, 3.63) is 48.0 Å². The lowest BCUT2D eigenvalue weighted by atomic mass is 10.0. The van der Waals surface area contributed by atoms with Gasteiger partial charge >= 0.3 is 6.09 Å². The Kier molecular flexibility index (Phi) is 7.56. The van der Waals surface area contributed by atoms with E-state index in [-0.39, 0.29) is 12.5 Å². The third kappa shape index (κ3) is 5.76. The summed E-state index contributed by atoms with van der Waals surface area (Å²) in [6, 6.07) is 14.9. The van der Waals surface area contributed by atoms with Gasteiger partial charge in [0.1, 0.15) is 0 Å². The van der Waals surface area contributed by atoms with Gasteiger partial charge in [0.15, 0.2) is 4.34 Å². The van der Waals surface area contributed by atoms with Crippen molar-refractivity contribution in [3.63, 3.8) is 0 Å². The minimum absolute atomic E-state index is 0.0925. The van der Waals surface area contributed by atoms with Crippen LogP contribution in [0.2, 0.25) is 0 Å². The minimum atomic E-state index is -0.558. The fourth-order valence-corrected chi connectivity index (χ4v) is 5.25. The number of carbonyl (C=O) groups excluding carboxylic acids is 2. The van der Waals surface area contributed by atoms with Crippen LogP contribution >= 0.6 is 23.1 Å². The van der Waals surface area contributed by atoms with E-state index in [0.29, 0.717) is 15.2 Å². The predicted molar refractivity (Wildman–Crippen MR) is 127 cm³/mol. The molecular weight excluding hydrogens is 446 g/mol. The Balaban J connectivity index is 1.23. The molecule has 10 heteroatoms. The number of rotatable bonds is 7. The van der Waals surface area contributed by atoms with Gasteiger partial charge in [0, 0.05) is 32.7 Å². The normalized spacial score (nSPS) is 14.5. The molecule has 1 saturated heterocycles. The number of anilines is 1. The Morgan fingerprint density at radius 3 is 2.69 bits per heavy atom. The third-order valence-corrected chi connectivity index (χ3v) is 7.17. The van der Waals surface area contributed by atoms with E-state index < -0.39 is 6.09 Å². The van der Waals surface area contributed by atoms with Crippen molar-refractivity contribution in [2.75, 3.05) is 43.9 Å². The van der Waals surface area contributed by atoms with Gasteiger partial charge < -0.3 is 9.64 Å². The summed E-state index contributed by atoms with van der Waals surface area (Å²) in [7, 11) is 0. The third-order valence-electron chi connectivity index (χ3n) is 5.21. The van der Waals surface area contributed by atoms with E-state index >= 15 is 0 Å². The highest BCUT2D eigenvalue weighted by molar-refractivity contribution is 8.01. The van der Waals surface area contributed by atoms with Gasteiger partial charge in [0.25, 0.3) is 0 Å². The zero-order valence-corrected chi connectivity index (χ0v) is 19.5. The van der Waals surface area contributed by atoms with Gasteiger partial charge in [0.05, 0.1) is 12.4 Å². The summed E-state index contributed by atoms with van der Waals surface area (Å²) in [5, 5.41) is 13.3. The van der Waals surface area contributed by atoms with Crippen LogP contribution in [0, 0.1) is 0 Å². The van der Waals surface area contributed by atoms with Crippen molar-refractivity contribution >= 4 is 51.0 Å². The molecule has 1 fully saturated rings. The summed E-state index contributed by atoms with van der Waals surface area (Å²) >= 11 is 2.56. The van der Waals surface area contributed by atoms with E-state index in [0.717, 1.165) is 32.7 Å². The van der Waals surface area contributed by atoms with Crippen molar-refractivity contribution in [1.29, 1.82) is 0 Å². The lowest BCUT2D eigenvalue weighted by Crippen LogP contribution is -2.48. The molecule has 1 aromatic heterocycles. The molecule has 0 bridgehead atoms. The van der Waals surface area contributed by atoms with Crippen molar-refractivity contribution in [1.82, 2.24) is 20.0 Å². The first-order valence-electron chi connectivity index (χ1n) is 10.5. The van der Waals surface area contributed by atoms with E-state index in [2.05, 4.69) is 62.9 Å². The first-order chi connectivity index (χ1) is 15.6. The fraction of sp³-hybridized carbons (Fsp3) is 0.364. The van der Waals surface area contributed by atoms with Gasteiger partial charge in [-0.25, -0.2) is 4.79 Å². The van der Waals surface area contributed by atoms with Crippen LogP contribution in [0.1, 0.15) is 12.5 Å². The molecule has 8 nitrogen and oxygen atoms in total. The highest BCUT2D eigenvalue weighted by Crippen LogP contribution is 2.26. The molecule has 1 N–H and O–H groups in total. The molecule has 168 valence electrons. The number of nitrogens with one attached hydrogen (secondary N) is 1. The first-order valence-corrected chi connectivity index (χ1v) is 12.3. The van der Waals surface area contributed by atoms with Crippen LogP contribution in [0.15, 0.2) is 46.8 Å². The van der Waals surface area contributed by atoms with E-state index in [1.807, 2.05) is 4.90 Å². The van der Waals surface area contributed by atoms with Crippen LogP contribution in [-0.2, 0) is 16.1 Å². The predicted octanol–water partition coefficient (Wildman–Crippen LogP) is 3.70.